The van der Waals surface area contributed by atoms with Crippen molar-refractivity contribution in [1.82, 2.24) is 10.6 Å². The summed E-state index contributed by atoms with van der Waals surface area (Å²) in [4.78, 5) is 35.2. The molecule has 28 heavy (non-hydrogen) atoms. The number of unbranched alkanes of at least 4 members (excludes halogenated alkanes) is 1. The van der Waals surface area contributed by atoms with Gasteiger partial charge in [0, 0.05) is 13.0 Å². The minimum atomic E-state index is -1.05. The molecular weight excluding hydrogens is 358 g/mol. The lowest BCUT2D eigenvalue weighted by Gasteiger charge is -2.16. The van der Waals surface area contributed by atoms with Crippen molar-refractivity contribution in [2.75, 3.05) is 6.54 Å². The van der Waals surface area contributed by atoms with Gasteiger partial charge in [0.2, 0.25) is 11.8 Å². The van der Waals surface area contributed by atoms with E-state index in [1.54, 1.807) is 0 Å². The summed E-state index contributed by atoms with van der Waals surface area (Å²) in [7, 11) is 0. The van der Waals surface area contributed by atoms with Crippen LogP contribution in [0.4, 0.5) is 0 Å². The zero-order valence-corrected chi connectivity index (χ0v) is 16.8. The lowest BCUT2D eigenvalue weighted by molar-refractivity contribution is -0.142. The van der Waals surface area contributed by atoms with E-state index < -0.39 is 18.1 Å². The molecule has 0 radical (unpaired) electrons. The normalized spacial score (nSPS) is 13.0. The van der Waals surface area contributed by atoms with Gasteiger partial charge >= 0.3 is 5.97 Å². The van der Waals surface area contributed by atoms with Gasteiger partial charge in [-0.05, 0) is 43.6 Å². The molecule has 2 amide bonds. The number of nitrogens with one attached hydrogen (secondary N) is 2. The Kier molecular flexibility index (Phi) is 10.9. The number of carboxylic acids is 1. The van der Waals surface area contributed by atoms with Gasteiger partial charge in [-0.25, -0.2) is 4.79 Å². The lowest BCUT2D eigenvalue weighted by atomic mass is 10.0. The fraction of sp³-hybridized carbons (Fsp3) is 0.571. The number of benzene rings is 1. The molecule has 0 aromatic heterocycles. The number of rotatable bonds is 13. The average molecular weight is 392 g/mol. The van der Waals surface area contributed by atoms with E-state index in [0.717, 1.165) is 5.56 Å². The molecule has 0 bridgehead atoms. The molecule has 5 N–H and O–H groups in total. The zero-order valence-electron chi connectivity index (χ0n) is 16.8. The highest BCUT2D eigenvalue weighted by Gasteiger charge is 2.19. The highest BCUT2D eigenvalue weighted by Crippen LogP contribution is 2.06. The Hall–Kier alpha value is -2.41. The van der Waals surface area contributed by atoms with Crippen LogP contribution in [0.2, 0.25) is 0 Å². The van der Waals surface area contributed by atoms with Crippen LogP contribution in [0.5, 0.6) is 0 Å². The molecule has 2 atom stereocenters. The second-order valence-electron chi connectivity index (χ2n) is 7.47. The highest BCUT2D eigenvalue weighted by atomic mass is 16.4. The number of hydrogen-bond donors (Lipinski definition) is 4. The van der Waals surface area contributed by atoms with Crippen LogP contribution in [0.1, 0.15) is 51.5 Å². The van der Waals surface area contributed by atoms with Crippen LogP contribution >= 0.6 is 0 Å². The van der Waals surface area contributed by atoms with E-state index in [2.05, 4.69) is 10.6 Å². The first-order valence-electron chi connectivity index (χ1n) is 9.89. The van der Waals surface area contributed by atoms with Gasteiger partial charge in [-0.1, -0.05) is 44.2 Å². The molecule has 0 heterocycles. The van der Waals surface area contributed by atoms with Crippen LogP contribution in [0.3, 0.4) is 0 Å². The third-order valence-electron chi connectivity index (χ3n) is 4.40. The minimum absolute atomic E-state index is 0.183. The van der Waals surface area contributed by atoms with Crippen molar-refractivity contribution >= 4 is 17.8 Å². The quantitative estimate of drug-likeness (QED) is 0.382. The summed E-state index contributed by atoms with van der Waals surface area (Å²) in [5.41, 5.74) is 6.85. The minimum Gasteiger partial charge on any atom is -0.480 e. The van der Waals surface area contributed by atoms with Gasteiger partial charge in [-0.2, -0.15) is 0 Å². The number of carbonyl (C=O) groups excluding carboxylic acids is 2. The van der Waals surface area contributed by atoms with Gasteiger partial charge in [-0.3, -0.25) is 9.59 Å². The number of amides is 2. The monoisotopic (exact) mass is 391 g/mol. The number of aryl methyl sites for hydroxylation is 1. The molecule has 0 unspecified atom stereocenters. The SMILES string of the molecule is CC(C)C[C@H](N)C(=O)NCCCC[C@H](NC(=O)CCc1ccccc1)C(=O)O. The number of aliphatic carboxylic acids is 1. The van der Waals surface area contributed by atoms with E-state index >= 15 is 0 Å². The average Bonchev–Trinajstić information content (AvgIpc) is 2.65. The van der Waals surface area contributed by atoms with Crippen molar-refractivity contribution < 1.29 is 19.5 Å². The predicted octanol–water partition coefficient (Wildman–Crippen LogP) is 1.85. The number of nitrogens with two attached hydrogens (primary N) is 1. The van der Waals surface area contributed by atoms with Gasteiger partial charge in [0.05, 0.1) is 6.04 Å². The summed E-state index contributed by atoms with van der Waals surface area (Å²) in [6.45, 7) is 4.46. The largest absolute Gasteiger partial charge is 0.480 e. The van der Waals surface area contributed by atoms with Crippen molar-refractivity contribution in [3.63, 3.8) is 0 Å². The van der Waals surface area contributed by atoms with Gasteiger partial charge in [-0.15, -0.1) is 0 Å². The first-order valence-corrected chi connectivity index (χ1v) is 9.89. The van der Waals surface area contributed by atoms with Gasteiger partial charge in [0.15, 0.2) is 0 Å². The van der Waals surface area contributed by atoms with Crippen LogP contribution in [0, 0.1) is 5.92 Å². The zero-order chi connectivity index (χ0) is 20.9. The van der Waals surface area contributed by atoms with Crippen LogP contribution in [-0.2, 0) is 20.8 Å². The van der Waals surface area contributed by atoms with E-state index in [1.165, 1.54) is 0 Å². The highest BCUT2D eigenvalue weighted by molar-refractivity contribution is 5.83. The first kappa shape index (κ1) is 23.6. The Bertz CT molecular complexity index is 619. The fourth-order valence-electron chi connectivity index (χ4n) is 2.86. The number of carbonyl (C=O) groups is 3. The van der Waals surface area contributed by atoms with Gasteiger partial charge < -0.3 is 21.5 Å². The lowest BCUT2D eigenvalue weighted by Crippen LogP contribution is -2.42. The van der Waals surface area contributed by atoms with Crippen LogP contribution in [0.15, 0.2) is 30.3 Å². The van der Waals surface area contributed by atoms with Crippen molar-refractivity contribution in [3.05, 3.63) is 35.9 Å². The number of hydrogen-bond acceptors (Lipinski definition) is 4. The maximum absolute atomic E-state index is 12.0. The maximum atomic E-state index is 12.0. The molecule has 0 aliphatic rings. The summed E-state index contributed by atoms with van der Waals surface area (Å²) in [5.74, 6) is -1.15. The topological polar surface area (TPSA) is 122 Å². The maximum Gasteiger partial charge on any atom is 0.326 e. The molecule has 1 rings (SSSR count). The van der Waals surface area contributed by atoms with E-state index in [0.29, 0.717) is 44.6 Å². The third-order valence-corrected chi connectivity index (χ3v) is 4.40. The molecule has 1 aromatic carbocycles. The summed E-state index contributed by atoms with van der Waals surface area (Å²) >= 11 is 0. The van der Waals surface area contributed by atoms with Crippen LogP contribution in [-0.4, -0.2) is 41.5 Å². The molecule has 0 aliphatic carbocycles. The molecule has 156 valence electrons. The summed E-state index contributed by atoms with van der Waals surface area (Å²) in [6, 6.07) is 8.15. The summed E-state index contributed by atoms with van der Waals surface area (Å²) in [5, 5.41) is 14.7. The molecule has 0 fully saturated rings. The smallest absolute Gasteiger partial charge is 0.326 e. The first-order chi connectivity index (χ1) is 13.3. The van der Waals surface area contributed by atoms with Crippen molar-refractivity contribution in [2.45, 2.75) is 64.5 Å². The molecule has 0 aliphatic heterocycles. The fourth-order valence-corrected chi connectivity index (χ4v) is 2.86. The van der Waals surface area contributed by atoms with Crippen molar-refractivity contribution in [1.29, 1.82) is 0 Å². The van der Waals surface area contributed by atoms with E-state index in [9.17, 15) is 19.5 Å². The molecule has 7 heteroatoms. The third kappa shape index (κ3) is 10.1. The molecule has 0 saturated carbocycles. The molecule has 7 nitrogen and oxygen atoms in total. The summed E-state index contributed by atoms with van der Waals surface area (Å²) < 4.78 is 0. The second-order valence-corrected chi connectivity index (χ2v) is 7.47. The van der Waals surface area contributed by atoms with Gasteiger partial charge in [0.25, 0.3) is 0 Å². The standard InChI is InChI=1S/C21H33N3O4/c1-15(2)14-17(22)20(26)23-13-7-6-10-18(21(27)28)24-19(25)12-11-16-8-4-3-5-9-16/h3-5,8-9,15,17-18H,6-7,10-14,22H2,1-2H3,(H,23,26)(H,24,25)(H,27,28)/t17-,18-/m0/s1. The van der Waals surface area contributed by atoms with E-state index in [-0.39, 0.29) is 18.2 Å². The number of carboxylic acid groups (broad SMARTS) is 1. The Balaban J connectivity index is 2.26. The molecule has 1 aromatic rings. The van der Waals surface area contributed by atoms with Crippen LogP contribution in [0.25, 0.3) is 0 Å². The Morgan fingerprint density at radius 3 is 2.39 bits per heavy atom. The summed E-state index contributed by atoms with van der Waals surface area (Å²) in [6.07, 6.45) is 2.97. The van der Waals surface area contributed by atoms with Crippen molar-refractivity contribution in [2.24, 2.45) is 11.7 Å². The predicted molar refractivity (Wildman–Crippen MR) is 109 cm³/mol. The Labute approximate surface area is 167 Å². The molecule has 0 saturated heterocycles. The van der Waals surface area contributed by atoms with Crippen molar-refractivity contribution in [3.8, 4) is 0 Å². The van der Waals surface area contributed by atoms with Crippen LogP contribution < -0.4 is 16.4 Å². The Morgan fingerprint density at radius 1 is 1.11 bits per heavy atom. The van der Waals surface area contributed by atoms with Gasteiger partial charge in [0.1, 0.15) is 6.04 Å². The second kappa shape index (κ2) is 12.9. The van der Waals surface area contributed by atoms with E-state index in [4.69, 9.17) is 5.73 Å². The van der Waals surface area contributed by atoms with E-state index in [1.807, 2.05) is 44.2 Å². The molecular formula is C21H33N3O4. The Morgan fingerprint density at radius 2 is 1.79 bits per heavy atom. The molecule has 0 spiro atoms.